The van der Waals surface area contributed by atoms with Gasteiger partial charge in [0.25, 0.3) is 5.91 Å². The molecule has 1 fully saturated rings. The molecule has 1 aliphatic rings. The van der Waals surface area contributed by atoms with Crippen molar-refractivity contribution in [1.29, 1.82) is 0 Å². The number of ether oxygens (including phenoxy) is 1. The molecule has 2 heterocycles. The molecular weight excluding hydrogens is 328 g/mol. The molecule has 2 aromatic rings. The predicted molar refractivity (Wildman–Crippen MR) is 94.8 cm³/mol. The van der Waals surface area contributed by atoms with Crippen LogP contribution >= 0.6 is 11.6 Å². The van der Waals surface area contributed by atoms with Gasteiger partial charge in [-0.1, -0.05) is 17.7 Å². The number of hydrogen-bond donors (Lipinski definition) is 1. The van der Waals surface area contributed by atoms with Crippen molar-refractivity contribution in [3.8, 4) is 5.75 Å². The molecule has 1 aromatic carbocycles. The molecule has 0 atom stereocenters. The minimum absolute atomic E-state index is 0.102. The number of hydrogen-bond acceptors (Lipinski definition) is 5. The van der Waals surface area contributed by atoms with Crippen LogP contribution in [0.5, 0.6) is 5.75 Å². The quantitative estimate of drug-likeness (QED) is 0.863. The maximum absolute atomic E-state index is 12.8. The van der Waals surface area contributed by atoms with Gasteiger partial charge in [-0.3, -0.25) is 4.79 Å². The van der Waals surface area contributed by atoms with Crippen molar-refractivity contribution >= 4 is 29.0 Å². The van der Waals surface area contributed by atoms with Crippen molar-refractivity contribution in [2.45, 2.75) is 0 Å². The number of nitrogen functional groups attached to an aromatic ring is 1. The number of nitrogens with two attached hydrogens (primary N) is 1. The van der Waals surface area contributed by atoms with Crippen LogP contribution in [0, 0.1) is 0 Å². The van der Waals surface area contributed by atoms with Gasteiger partial charge in [0, 0.05) is 38.4 Å². The average molecular weight is 347 g/mol. The van der Waals surface area contributed by atoms with Gasteiger partial charge in [-0.25, -0.2) is 4.98 Å². The Balaban J connectivity index is 1.73. The van der Waals surface area contributed by atoms with Gasteiger partial charge in [0.1, 0.15) is 11.6 Å². The highest BCUT2D eigenvalue weighted by molar-refractivity contribution is 6.33. The van der Waals surface area contributed by atoms with Crippen molar-refractivity contribution in [3.63, 3.8) is 0 Å². The zero-order valence-corrected chi connectivity index (χ0v) is 14.2. The smallest absolute Gasteiger partial charge is 0.257 e. The molecule has 0 aliphatic carbocycles. The van der Waals surface area contributed by atoms with Crippen molar-refractivity contribution in [3.05, 3.63) is 47.1 Å². The Labute approximate surface area is 145 Å². The fourth-order valence-corrected chi connectivity index (χ4v) is 2.92. The van der Waals surface area contributed by atoms with Crippen molar-refractivity contribution in [1.82, 2.24) is 9.88 Å². The largest absolute Gasteiger partial charge is 0.496 e. The zero-order chi connectivity index (χ0) is 17.1. The van der Waals surface area contributed by atoms with E-state index in [0.717, 1.165) is 18.9 Å². The average Bonchev–Trinajstić information content (AvgIpc) is 2.64. The highest BCUT2D eigenvalue weighted by atomic mass is 35.5. The number of pyridine rings is 1. The van der Waals surface area contributed by atoms with Gasteiger partial charge < -0.3 is 20.3 Å². The zero-order valence-electron chi connectivity index (χ0n) is 13.4. The van der Waals surface area contributed by atoms with Crippen molar-refractivity contribution in [2.24, 2.45) is 0 Å². The van der Waals surface area contributed by atoms with Crippen LogP contribution in [0.2, 0.25) is 5.02 Å². The summed E-state index contributed by atoms with van der Waals surface area (Å²) in [7, 11) is 1.51. The number of aromatic nitrogens is 1. The molecule has 0 saturated carbocycles. The number of carbonyl (C=O) groups excluding carboxylic acids is 1. The molecule has 24 heavy (non-hydrogen) atoms. The van der Waals surface area contributed by atoms with Gasteiger partial charge in [-0.2, -0.15) is 0 Å². The normalized spacial score (nSPS) is 14.6. The number of nitrogens with zero attached hydrogens (tertiary/aromatic N) is 3. The summed E-state index contributed by atoms with van der Waals surface area (Å²) in [5.41, 5.74) is 6.60. The molecule has 7 heteroatoms. The van der Waals surface area contributed by atoms with Gasteiger partial charge in [-0.05, 0) is 18.2 Å². The van der Waals surface area contributed by atoms with E-state index >= 15 is 0 Å². The SMILES string of the molecule is COc1cc(N)c(Cl)cc1C(=O)N1CCN(c2ccccn2)CC1. The van der Waals surface area contributed by atoms with E-state index in [0.29, 0.717) is 35.1 Å². The van der Waals surface area contributed by atoms with Crippen LogP contribution in [0.4, 0.5) is 11.5 Å². The second kappa shape index (κ2) is 6.97. The lowest BCUT2D eigenvalue weighted by atomic mass is 10.1. The first-order valence-corrected chi connectivity index (χ1v) is 8.06. The first kappa shape index (κ1) is 16.4. The van der Waals surface area contributed by atoms with Gasteiger partial charge in [0.2, 0.25) is 0 Å². The molecule has 0 radical (unpaired) electrons. The fraction of sp³-hybridized carbons (Fsp3) is 0.294. The number of amides is 1. The van der Waals surface area contributed by atoms with E-state index in [1.165, 1.54) is 7.11 Å². The molecule has 0 bridgehead atoms. The molecule has 1 aliphatic heterocycles. The highest BCUT2D eigenvalue weighted by Crippen LogP contribution is 2.30. The number of benzene rings is 1. The van der Waals surface area contributed by atoms with Crippen LogP contribution in [0.15, 0.2) is 36.5 Å². The summed E-state index contributed by atoms with van der Waals surface area (Å²) in [5, 5.41) is 0.353. The van der Waals surface area contributed by atoms with E-state index in [-0.39, 0.29) is 5.91 Å². The number of rotatable bonds is 3. The van der Waals surface area contributed by atoms with Crippen LogP contribution in [0.1, 0.15) is 10.4 Å². The second-order valence-corrected chi connectivity index (χ2v) is 5.95. The third kappa shape index (κ3) is 3.23. The number of carbonyl (C=O) groups is 1. The van der Waals surface area contributed by atoms with Crippen LogP contribution < -0.4 is 15.4 Å². The molecule has 1 amide bonds. The van der Waals surface area contributed by atoms with E-state index in [2.05, 4.69) is 9.88 Å². The first-order valence-electron chi connectivity index (χ1n) is 7.68. The highest BCUT2D eigenvalue weighted by Gasteiger charge is 2.25. The topological polar surface area (TPSA) is 71.7 Å². The molecule has 0 spiro atoms. The van der Waals surface area contributed by atoms with Crippen LogP contribution in [-0.4, -0.2) is 49.1 Å². The number of piperazine rings is 1. The maximum Gasteiger partial charge on any atom is 0.257 e. The van der Waals surface area contributed by atoms with Gasteiger partial charge in [0.15, 0.2) is 0 Å². The monoisotopic (exact) mass is 346 g/mol. The third-order valence-corrected chi connectivity index (χ3v) is 4.42. The summed E-state index contributed by atoms with van der Waals surface area (Å²) in [5.74, 6) is 1.26. The summed E-state index contributed by atoms with van der Waals surface area (Å²) in [6.45, 7) is 2.68. The van der Waals surface area contributed by atoms with Crippen LogP contribution in [-0.2, 0) is 0 Å². The van der Waals surface area contributed by atoms with E-state index in [9.17, 15) is 4.79 Å². The molecule has 3 rings (SSSR count). The Bertz CT molecular complexity index is 731. The molecule has 0 unspecified atom stereocenters. The maximum atomic E-state index is 12.8. The van der Waals surface area contributed by atoms with E-state index in [1.807, 2.05) is 18.2 Å². The van der Waals surface area contributed by atoms with Crippen molar-refractivity contribution < 1.29 is 9.53 Å². The van der Waals surface area contributed by atoms with Crippen LogP contribution in [0.3, 0.4) is 0 Å². The Morgan fingerprint density at radius 1 is 1.25 bits per heavy atom. The lowest BCUT2D eigenvalue weighted by molar-refractivity contribution is 0.0743. The molecule has 1 saturated heterocycles. The molecule has 6 nitrogen and oxygen atoms in total. The van der Waals surface area contributed by atoms with Gasteiger partial charge in [-0.15, -0.1) is 0 Å². The molecule has 126 valence electrons. The van der Waals surface area contributed by atoms with E-state index in [4.69, 9.17) is 22.1 Å². The predicted octanol–water partition coefficient (Wildman–Crippen LogP) is 2.29. The Kier molecular flexibility index (Phi) is 4.76. The van der Waals surface area contributed by atoms with Gasteiger partial charge >= 0.3 is 0 Å². The minimum Gasteiger partial charge on any atom is -0.496 e. The summed E-state index contributed by atoms with van der Waals surface area (Å²) >= 11 is 6.06. The third-order valence-electron chi connectivity index (χ3n) is 4.09. The lowest BCUT2D eigenvalue weighted by Crippen LogP contribution is -2.49. The van der Waals surface area contributed by atoms with E-state index in [1.54, 1.807) is 23.2 Å². The Morgan fingerprint density at radius 2 is 2.00 bits per heavy atom. The van der Waals surface area contributed by atoms with Crippen molar-refractivity contribution in [2.75, 3.05) is 43.9 Å². The van der Waals surface area contributed by atoms with Crippen LogP contribution in [0.25, 0.3) is 0 Å². The van der Waals surface area contributed by atoms with E-state index < -0.39 is 0 Å². The Hall–Kier alpha value is -2.47. The summed E-state index contributed by atoms with van der Waals surface area (Å²) < 4.78 is 5.28. The van der Waals surface area contributed by atoms with Gasteiger partial charge in [0.05, 0.1) is 23.4 Å². The summed E-state index contributed by atoms with van der Waals surface area (Å²) in [6, 6.07) is 8.98. The number of anilines is 2. The standard InChI is InChI=1S/C17H19ClN4O2/c1-24-15-11-14(19)13(18)10-12(15)17(23)22-8-6-21(7-9-22)16-4-2-3-5-20-16/h2-5,10-11H,6-9,19H2,1H3. The lowest BCUT2D eigenvalue weighted by Gasteiger charge is -2.35. The Morgan fingerprint density at radius 3 is 2.62 bits per heavy atom. The minimum atomic E-state index is -0.102. The summed E-state index contributed by atoms with van der Waals surface area (Å²) in [6.07, 6.45) is 1.77. The summed E-state index contributed by atoms with van der Waals surface area (Å²) in [4.78, 5) is 21.1. The second-order valence-electron chi connectivity index (χ2n) is 5.54. The first-order chi connectivity index (χ1) is 11.6. The number of methoxy groups -OCH3 is 1. The molecular formula is C17H19ClN4O2. The molecule has 1 aromatic heterocycles. The molecule has 2 N–H and O–H groups in total. The number of halogens is 1. The fourth-order valence-electron chi connectivity index (χ4n) is 2.75.